The number of hydrogen-bond donors (Lipinski definition) is 2. The van der Waals surface area contributed by atoms with E-state index in [1.54, 1.807) is 6.20 Å². The van der Waals surface area contributed by atoms with Gasteiger partial charge >= 0.3 is 4.87 Å². The molecule has 3 aromatic rings. The van der Waals surface area contributed by atoms with Crippen molar-refractivity contribution in [1.29, 1.82) is 0 Å². The Kier molecular flexibility index (Phi) is 5.69. The zero-order chi connectivity index (χ0) is 21.2. The standard InChI is InChI=1S/C22H27N7OS/c1-15-20(31-22(30)29(15)16-4-2-3-5-16)18-8-9-24-21(26-18)27-19-7-6-17(14-25-19)28-12-10-23-11-13-28/h6-9,14,16,23H,2-5,10-13H2,1H3,(H,24,25,26,27). The van der Waals surface area contributed by atoms with Crippen molar-refractivity contribution in [2.45, 2.75) is 38.6 Å². The summed E-state index contributed by atoms with van der Waals surface area (Å²) in [5.41, 5.74) is 2.90. The van der Waals surface area contributed by atoms with Crippen LogP contribution in [0.2, 0.25) is 0 Å². The molecule has 0 aromatic carbocycles. The van der Waals surface area contributed by atoms with Gasteiger partial charge in [-0.2, -0.15) is 0 Å². The molecule has 2 fully saturated rings. The molecular formula is C22H27N7OS. The molecule has 4 heterocycles. The summed E-state index contributed by atoms with van der Waals surface area (Å²) in [7, 11) is 0. The second-order valence-electron chi connectivity index (χ2n) is 8.12. The molecule has 0 atom stereocenters. The number of pyridine rings is 1. The molecule has 1 saturated heterocycles. The molecule has 2 N–H and O–H groups in total. The summed E-state index contributed by atoms with van der Waals surface area (Å²) < 4.78 is 1.97. The minimum Gasteiger partial charge on any atom is -0.368 e. The van der Waals surface area contributed by atoms with Gasteiger partial charge in [-0.25, -0.2) is 15.0 Å². The topological polar surface area (TPSA) is 88.0 Å². The van der Waals surface area contributed by atoms with Gasteiger partial charge in [0.1, 0.15) is 5.82 Å². The maximum Gasteiger partial charge on any atom is 0.308 e. The number of aromatic nitrogens is 4. The van der Waals surface area contributed by atoms with Crippen LogP contribution in [-0.4, -0.2) is 45.7 Å². The van der Waals surface area contributed by atoms with Gasteiger partial charge in [0.25, 0.3) is 0 Å². The lowest BCUT2D eigenvalue weighted by Gasteiger charge is -2.29. The lowest BCUT2D eigenvalue weighted by Crippen LogP contribution is -2.43. The van der Waals surface area contributed by atoms with Crippen molar-refractivity contribution in [3.05, 3.63) is 46.0 Å². The van der Waals surface area contributed by atoms with E-state index in [9.17, 15) is 4.79 Å². The fourth-order valence-electron chi connectivity index (χ4n) is 4.51. The average Bonchev–Trinajstić information content (AvgIpc) is 3.42. The van der Waals surface area contributed by atoms with Crippen molar-refractivity contribution in [3.63, 3.8) is 0 Å². The normalized spacial score (nSPS) is 17.3. The Morgan fingerprint density at radius 2 is 1.94 bits per heavy atom. The number of rotatable bonds is 5. The summed E-state index contributed by atoms with van der Waals surface area (Å²) in [5, 5.41) is 6.56. The highest BCUT2D eigenvalue weighted by atomic mass is 32.1. The van der Waals surface area contributed by atoms with Crippen LogP contribution in [0.3, 0.4) is 0 Å². The molecular weight excluding hydrogens is 410 g/mol. The van der Waals surface area contributed by atoms with Gasteiger partial charge in [0.15, 0.2) is 0 Å². The first-order valence-electron chi connectivity index (χ1n) is 10.9. The van der Waals surface area contributed by atoms with Crippen LogP contribution >= 0.6 is 11.3 Å². The molecule has 0 spiro atoms. The van der Waals surface area contributed by atoms with Gasteiger partial charge < -0.3 is 15.5 Å². The molecule has 2 aliphatic rings. The van der Waals surface area contributed by atoms with Crippen LogP contribution in [0, 0.1) is 6.92 Å². The molecule has 0 bridgehead atoms. The smallest absolute Gasteiger partial charge is 0.308 e. The number of anilines is 3. The summed E-state index contributed by atoms with van der Waals surface area (Å²) in [5.74, 6) is 1.18. The van der Waals surface area contributed by atoms with Gasteiger partial charge in [0, 0.05) is 44.1 Å². The van der Waals surface area contributed by atoms with Gasteiger partial charge in [-0.15, -0.1) is 0 Å². The van der Waals surface area contributed by atoms with Crippen LogP contribution in [-0.2, 0) is 0 Å². The lowest BCUT2D eigenvalue weighted by molar-refractivity contribution is 0.501. The van der Waals surface area contributed by atoms with E-state index in [0.29, 0.717) is 17.8 Å². The Morgan fingerprint density at radius 3 is 2.68 bits per heavy atom. The monoisotopic (exact) mass is 437 g/mol. The van der Waals surface area contributed by atoms with E-state index >= 15 is 0 Å². The average molecular weight is 438 g/mol. The SMILES string of the molecule is Cc1c(-c2ccnc(Nc3ccc(N4CCNCC4)cn3)n2)sc(=O)n1C1CCCC1. The Balaban J connectivity index is 1.35. The van der Waals surface area contributed by atoms with Crippen molar-refractivity contribution >= 4 is 28.8 Å². The van der Waals surface area contributed by atoms with Gasteiger partial charge in [-0.3, -0.25) is 9.36 Å². The zero-order valence-corrected chi connectivity index (χ0v) is 18.5. The van der Waals surface area contributed by atoms with Crippen LogP contribution in [0.1, 0.15) is 37.4 Å². The molecule has 9 heteroatoms. The van der Waals surface area contributed by atoms with E-state index in [1.807, 2.05) is 29.8 Å². The van der Waals surface area contributed by atoms with Crippen LogP contribution < -0.4 is 20.4 Å². The first-order valence-corrected chi connectivity index (χ1v) is 11.7. The largest absolute Gasteiger partial charge is 0.368 e. The molecule has 8 nitrogen and oxygen atoms in total. The molecule has 1 aliphatic heterocycles. The zero-order valence-electron chi connectivity index (χ0n) is 17.7. The molecule has 3 aromatic heterocycles. The van der Waals surface area contributed by atoms with Crippen LogP contribution in [0.25, 0.3) is 10.6 Å². The number of piperazine rings is 1. The number of nitrogens with one attached hydrogen (secondary N) is 2. The fourth-order valence-corrected chi connectivity index (χ4v) is 5.53. The third-order valence-corrected chi connectivity index (χ3v) is 7.20. The second-order valence-corrected chi connectivity index (χ2v) is 9.08. The summed E-state index contributed by atoms with van der Waals surface area (Å²) in [6, 6.07) is 6.22. The molecule has 0 amide bonds. The molecule has 162 valence electrons. The van der Waals surface area contributed by atoms with E-state index in [-0.39, 0.29) is 4.87 Å². The summed E-state index contributed by atoms with van der Waals surface area (Å²) in [6.45, 7) is 5.99. The van der Waals surface area contributed by atoms with E-state index in [0.717, 1.165) is 61.0 Å². The number of thiazole rings is 1. The summed E-state index contributed by atoms with van der Waals surface area (Å²) in [4.78, 5) is 29.6. The Hall–Kier alpha value is -2.78. The van der Waals surface area contributed by atoms with Crippen molar-refractivity contribution < 1.29 is 0 Å². The predicted molar refractivity (Wildman–Crippen MR) is 124 cm³/mol. The second kappa shape index (κ2) is 8.76. The molecule has 1 aliphatic carbocycles. The first-order chi connectivity index (χ1) is 15.2. The fraction of sp³-hybridized carbons (Fsp3) is 0.455. The van der Waals surface area contributed by atoms with Gasteiger partial charge in [0.05, 0.1) is 22.5 Å². The van der Waals surface area contributed by atoms with E-state index in [1.165, 1.54) is 24.2 Å². The predicted octanol–water partition coefficient (Wildman–Crippen LogP) is 3.34. The molecule has 5 rings (SSSR count). The first kappa shape index (κ1) is 20.1. The molecule has 0 unspecified atom stereocenters. The van der Waals surface area contributed by atoms with Crippen LogP contribution in [0.15, 0.2) is 35.4 Å². The third-order valence-electron chi connectivity index (χ3n) is 6.12. The highest BCUT2D eigenvalue weighted by molar-refractivity contribution is 7.13. The highest BCUT2D eigenvalue weighted by Crippen LogP contribution is 2.34. The number of nitrogens with zero attached hydrogens (tertiary/aromatic N) is 5. The Labute approximate surface area is 185 Å². The van der Waals surface area contributed by atoms with Crippen molar-refractivity contribution in [1.82, 2.24) is 24.8 Å². The Bertz CT molecular complexity index is 1100. The van der Waals surface area contributed by atoms with Gasteiger partial charge in [-0.1, -0.05) is 24.2 Å². The van der Waals surface area contributed by atoms with Crippen LogP contribution in [0.5, 0.6) is 0 Å². The number of hydrogen-bond acceptors (Lipinski definition) is 8. The molecule has 0 radical (unpaired) electrons. The van der Waals surface area contributed by atoms with Crippen molar-refractivity contribution in [2.24, 2.45) is 0 Å². The van der Waals surface area contributed by atoms with Crippen LogP contribution in [0.4, 0.5) is 17.5 Å². The third kappa shape index (κ3) is 4.20. The minimum absolute atomic E-state index is 0.109. The lowest BCUT2D eigenvalue weighted by atomic mass is 10.2. The van der Waals surface area contributed by atoms with Gasteiger partial charge in [-0.05, 0) is 38.0 Å². The van der Waals surface area contributed by atoms with E-state index in [2.05, 4.69) is 36.6 Å². The highest BCUT2D eigenvalue weighted by Gasteiger charge is 2.23. The quantitative estimate of drug-likeness (QED) is 0.633. The summed E-state index contributed by atoms with van der Waals surface area (Å²) in [6.07, 6.45) is 8.18. The van der Waals surface area contributed by atoms with Crippen molar-refractivity contribution in [3.8, 4) is 10.6 Å². The van der Waals surface area contributed by atoms with Crippen molar-refractivity contribution in [2.75, 3.05) is 36.4 Å². The van der Waals surface area contributed by atoms with E-state index < -0.39 is 0 Å². The maximum atomic E-state index is 12.7. The van der Waals surface area contributed by atoms with E-state index in [4.69, 9.17) is 0 Å². The van der Waals surface area contributed by atoms with Gasteiger partial charge in [0.2, 0.25) is 5.95 Å². The Morgan fingerprint density at radius 1 is 1.13 bits per heavy atom. The summed E-state index contributed by atoms with van der Waals surface area (Å²) >= 11 is 1.28. The maximum absolute atomic E-state index is 12.7. The molecule has 31 heavy (non-hydrogen) atoms. The minimum atomic E-state index is 0.109. The molecule has 1 saturated carbocycles.